The number of benzene rings is 1. The number of nitrogens with zero attached hydrogens (tertiary/aromatic N) is 4. The van der Waals surface area contributed by atoms with Gasteiger partial charge in [-0.15, -0.1) is 0 Å². The zero-order valence-corrected chi connectivity index (χ0v) is 15.5. The lowest BCUT2D eigenvalue weighted by Crippen LogP contribution is -2.25. The number of anilines is 1. The summed E-state index contributed by atoms with van der Waals surface area (Å²) in [4.78, 5) is 12.5. The monoisotopic (exact) mass is 375 g/mol. The van der Waals surface area contributed by atoms with Gasteiger partial charge in [0, 0.05) is 12.3 Å². The maximum atomic E-state index is 13.3. The molecule has 0 radical (unpaired) electrons. The summed E-state index contributed by atoms with van der Waals surface area (Å²) in [5.74, 6) is -0.116. The van der Waals surface area contributed by atoms with E-state index in [-0.39, 0.29) is 11.7 Å². The maximum absolute atomic E-state index is 13.3. The quantitative estimate of drug-likeness (QED) is 0.738. The zero-order valence-electron chi connectivity index (χ0n) is 14.7. The van der Waals surface area contributed by atoms with Crippen LogP contribution in [0.5, 0.6) is 0 Å². The first-order valence-electron chi connectivity index (χ1n) is 8.15. The van der Waals surface area contributed by atoms with Gasteiger partial charge in [0.1, 0.15) is 11.9 Å². The molecule has 26 heavy (non-hydrogen) atoms. The van der Waals surface area contributed by atoms with Crippen LogP contribution in [0.2, 0.25) is 5.02 Å². The number of aromatic nitrogens is 4. The molecule has 136 valence electrons. The molecule has 3 aromatic rings. The first-order valence-corrected chi connectivity index (χ1v) is 8.53. The molecule has 0 spiro atoms. The van der Waals surface area contributed by atoms with Gasteiger partial charge in [-0.25, -0.2) is 4.39 Å². The number of hydrogen-bond acceptors (Lipinski definition) is 3. The van der Waals surface area contributed by atoms with Crippen LogP contribution in [0.3, 0.4) is 0 Å². The fraction of sp³-hybridized carbons (Fsp3) is 0.278. The number of carbonyl (C=O) groups excluding carboxylic acids is 1. The third kappa shape index (κ3) is 3.77. The Morgan fingerprint density at radius 2 is 2.08 bits per heavy atom. The summed E-state index contributed by atoms with van der Waals surface area (Å²) in [6, 6.07) is 7.47. The summed E-state index contributed by atoms with van der Waals surface area (Å²) in [5, 5.41) is 11.9. The van der Waals surface area contributed by atoms with Crippen LogP contribution in [-0.2, 0) is 11.3 Å². The minimum Gasteiger partial charge on any atom is -0.307 e. The average molecular weight is 376 g/mol. The van der Waals surface area contributed by atoms with Crippen LogP contribution in [0, 0.1) is 19.7 Å². The van der Waals surface area contributed by atoms with Crippen LogP contribution in [0.15, 0.2) is 36.5 Å². The van der Waals surface area contributed by atoms with Crippen molar-refractivity contribution in [2.75, 3.05) is 5.32 Å². The third-order valence-electron chi connectivity index (χ3n) is 4.11. The highest BCUT2D eigenvalue weighted by Crippen LogP contribution is 2.22. The Labute approximate surface area is 155 Å². The Kier molecular flexibility index (Phi) is 5.08. The lowest BCUT2D eigenvalue weighted by Gasteiger charge is -2.13. The van der Waals surface area contributed by atoms with Crippen molar-refractivity contribution in [2.45, 2.75) is 33.4 Å². The molecule has 0 aliphatic rings. The van der Waals surface area contributed by atoms with E-state index in [0.29, 0.717) is 23.1 Å². The van der Waals surface area contributed by atoms with Crippen LogP contribution >= 0.6 is 11.6 Å². The largest absolute Gasteiger partial charge is 0.307 e. The predicted octanol–water partition coefficient (Wildman–Crippen LogP) is 3.74. The molecule has 1 N–H and O–H groups in total. The van der Waals surface area contributed by atoms with Gasteiger partial charge >= 0.3 is 0 Å². The molecule has 0 saturated carbocycles. The molecule has 0 aliphatic carbocycles. The van der Waals surface area contributed by atoms with Gasteiger partial charge in [-0.2, -0.15) is 10.2 Å². The van der Waals surface area contributed by atoms with Gasteiger partial charge in [-0.3, -0.25) is 14.2 Å². The first-order chi connectivity index (χ1) is 12.3. The van der Waals surface area contributed by atoms with E-state index in [1.807, 2.05) is 13.0 Å². The molecule has 1 unspecified atom stereocenters. The van der Waals surface area contributed by atoms with Crippen molar-refractivity contribution in [2.24, 2.45) is 0 Å². The second kappa shape index (κ2) is 7.29. The van der Waals surface area contributed by atoms with E-state index in [1.54, 1.807) is 41.5 Å². The van der Waals surface area contributed by atoms with Crippen molar-refractivity contribution in [3.63, 3.8) is 0 Å². The minimum absolute atomic E-state index is 0.247. The van der Waals surface area contributed by atoms with Gasteiger partial charge in [0.25, 0.3) is 0 Å². The summed E-state index contributed by atoms with van der Waals surface area (Å²) in [5.41, 5.74) is 2.21. The van der Waals surface area contributed by atoms with E-state index in [4.69, 9.17) is 11.6 Å². The van der Waals surface area contributed by atoms with Gasteiger partial charge in [0.2, 0.25) is 5.91 Å². The number of aryl methyl sites for hydroxylation is 1. The Morgan fingerprint density at radius 1 is 1.31 bits per heavy atom. The molecule has 2 heterocycles. The van der Waals surface area contributed by atoms with Crippen molar-refractivity contribution in [3.05, 3.63) is 64.3 Å². The summed E-state index contributed by atoms with van der Waals surface area (Å²) < 4.78 is 16.5. The molecule has 2 aromatic heterocycles. The van der Waals surface area contributed by atoms with Crippen molar-refractivity contribution < 1.29 is 9.18 Å². The van der Waals surface area contributed by atoms with E-state index in [1.165, 1.54) is 12.1 Å². The number of rotatable bonds is 5. The van der Waals surface area contributed by atoms with E-state index < -0.39 is 6.04 Å². The van der Waals surface area contributed by atoms with Gasteiger partial charge < -0.3 is 5.32 Å². The topological polar surface area (TPSA) is 64.7 Å². The molecule has 3 rings (SSSR count). The van der Waals surface area contributed by atoms with Gasteiger partial charge in [-0.1, -0.05) is 23.7 Å². The highest BCUT2D eigenvalue weighted by Gasteiger charge is 2.21. The second-order valence-corrected chi connectivity index (χ2v) is 6.50. The van der Waals surface area contributed by atoms with Crippen LogP contribution in [0.4, 0.5) is 10.2 Å². The fourth-order valence-electron chi connectivity index (χ4n) is 2.70. The Balaban J connectivity index is 1.68. The highest BCUT2D eigenvalue weighted by molar-refractivity contribution is 6.31. The fourth-order valence-corrected chi connectivity index (χ4v) is 2.82. The van der Waals surface area contributed by atoms with Crippen molar-refractivity contribution in [1.82, 2.24) is 19.6 Å². The SMILES string of the molecule is Cc1nn(C(C)C(=O)Nc2ccn(Cc3cccc(F)c3)n2)c(C)c1Cl. The standard InChI is InChI=1S/C18H19ClFN5O/c1-11-17(19)12(2)25(22-11)13(3)18(26)21-16-7-8-24(23-16)10-14-5-4-6-15(20)9-14/h4-9,13H,10H2,1-3H3,(H,21,23,26). The number of carbonyl (C=O) groups is 1. The molecular weight excluding hydrogens is 357 g/mol. The highest BCUT2D eigenvalue weighted by atomic mass is 35.5. The van der Waals surface area contributed by atoms with Crippen LogP contribution < -0.4 is 5.32 Å². The second-order valence-electron chi connectivity index (χ2n) is 6.12. The van der Waals surface area contributed by atoms with Gasteiger partial charge in [-0.05, 0) is 38.5 Å². The van der Waals surface area contributed by atoms with E-state index in [9.17, 15) is 9.18 Å². The van der Waals surface area contributed by atoms with E-state index in [0.717, 1.165) is 11.3 Å². The van der Waals surface area contributed by atoms with Crippen molar-refractivity contribution >= 4 is 23.3 Å². The van der Waals surface area contributed by atoms with Crippen molar-refractivity contribution in [1.29, 1.82) is 0 Å². The minimum atomic E-state index is -0.533. The summed E-state index contributed by atoms with van der Waals surface area (Å²) in [6.45, 7) is 5.77. The summed E-state index contributed by atoms with van der Waals surface area (Å²) in [6.07, 6.45) is 1.73. The zero-order chi connectivity index (χ0) is 18.8. The molecule has 6 nitrogen and oxygen atoms in total. The molecular formula is C18H19ClFN5O. The molecule has 0 fully saturated rings. The Bertz CT molecular complexity index is 949. The Morgan fingerprint density at radius 3 is 2.73 bits per heavy atom. The third-order valence-corrected chi connectivity index (χ3v) is 4.66. The van der Waals surface area contributed by atoms with Crippen LogP contribution in [0.1, 0.15) is 29.9 Å². The maximum Gasteiger partial charge on any atom is 0.250 e. The molecule has 0 saturated heterocycles. The normalized spacial score (nSPS) is 12.2. The van der Waals surface area contributed by atoms with Gasteiger partial charge in [0.15, 0.2) is 5.82 Å². The predicted molar refractivity (Wildman–Crippen MR) is 97.8 cm³/mol. The molecule has 1 amide bonds. The first kappa shape index (κ1) is 18.1. The lowest BCUT2D eigenvalue weighted by atomic mass is 10.2. The number of halogens is 2. The molecule has 0 aliphatic heterocycles. The summed E-state index contributed by atoms with van der Waals surface area (Å²) >= 11 is 6.14. The number of amides is 1. The summed E-state index contributed by atoms with van der Waals surface area (Å²) in [7, 11) is 0. The number of hydrogen-bond donors (Lipinski definition) is 1. The number of nitrogens with one attached hydrogen (secondary N) is 1. The van der Waals surface area contributed by atoms with Crippen LogP contribution in [0.25, 0.3) is 0 Å². The molecule has 8 heteroatoms. The van der Waals surface area contributed by atoms with Gasteiger partial charge in [0.05, 0.1) is 23.0 Å². The van der Waals surface area contributed by atoms with Crippen LogP contribution in [-0.4, -0.2) is 25.5 Å². The van der Waals surface area contributed by atoms with E-state index in [2.05, 4.69) is 15.5 Å². The molecule has 1 aromatic carbocycles. The Hall–Kier alpha value is -2.67. The average Bonchev–Trinajstić information content (AvgIpc) is 3.13. The van der Waals surface area contributed by atoms with E-state index >= 15 is 0 Å². The lowest BCUT2D eigenvalue weighted by molar-refractivity contribution is -0.119. The molecule has 0 bridgehead atoms. The van der Waals surface area contributed by atoms with Crippen molar-refractivity contribution in [3.8, 4) is 0 Å². The smallest absolute Gasteiger partial charge is 0.250 e. The molecule has 1 atom stereocenters.